The second-order valence-corrected chi connectivity index (χ2v) is 10.5. The topological polar surface area (TPSA) is 29.5 Å². The van der Waals surface area contributed by atoms with Gasteiger partial charge >= 0.3 is 0 Å². The summed E-state index contributed by atoms with van der Waals surface area (Å²) in [5, 5.41) is 10.4. The predicted molar refractivity (Wildman–Crippen MR) is 132 cm³/mol. The van der Waals surface area contributed by atoms with Crippen LogP contribution < -0.4 is 0 Å². The van der Waals surface area contributed by atoms with Crippen molar-refractivity contribution in [1.29, 1.82) is 0 Å². The molecule has 0 heterocycles. The highest BCUT2D eigenvalue weighted by Crippen LogP contribution is 2.38. The van der Waals surface area contributed by atoms with Gasteiger partial charge in [0.05, 0.1) is 11.7 Å². The van der Waals surface area contributed by atoms with Gasteiger partial charge in [0.1, 0.15) is 0 Å². The van der Waals surface area contributed by atoms with E-state index in [4.69, 9.17) is 4.74 Å². The Kier molecular flexibility index (Phi) is 15.9. The highest BCUT2D eigenvalue weighted by molar-refractivity contribution is 4.90. The Labute approximate surface area is 189 Å². The molecule has 1 N–H and O–H groups in total. The molecule has 0 spiro atoms. The lowest BCUT2D eigenvalue weighted by molar-refractivity contribution is -0.110. The van der Waals surface area contributed by atoms with E-state index in [0.717, 1.165) is 32.3 Å². The van der Waals surface area contributed by atoms with Crippen molar-refractivity contribution in [2.75, 3.05) is 6.61 Å². The van der Waals surface area contributed by atoms with Crippen molar-refractivity contribution in [1.82, 2.24) is 0 Å². The maximum atomic E-state index is 10.4. The van der Waals surface area contributed by atoms with Gasteiger partial charge < -0.3 is 9.84 Å². The molecule has 0 saturated heterocycles. The standard InChI is InChI=1S/C28H54O2/c1-5-6-7-8-9-10-11-12-13-14-15-16-17-18-19-20-23-30-28(4)22-21-26(25(2)3)27(29)24-28/h12-13,25-27,29H,5-11,14-24H2,1-4H3/b13-12-/t26-,27+,28+/m0/s1. The van der Waals surface area contributed by atoms with Gasteiger partial charge in [-0.2, -0.15) is 0 Å². The van der Waals surface area contributed by atoms with E-state index in [-0.39, 0.29) is 11.7 Å². The molecule has 0 bridgehead atoms. The van der Waals surface area contributed by atoms with E-state index in [0.29, 0.717) is 11.8 Å². The van der Waals surface area contributed by atoms with Crippen LogP contribution in [0.15, 0.2) is 12.2 Å². The molecule has 0 amide bonds. The number of aliphatic hydroxyl groups is 1. The molecule has 0 unspecified atom stereocenters. The molecule has 2 nitrogen and oxygen atoms in total. The molecular weight excluding hydrogens is 368 g/mol. The van der Waals surface area contributed by atoms with Gasteiger partial charge in [0.25, 0.3) is 0 Å². The highest BCUT2D eigenvalue weighted by atomic mass is 16.5. The fourth-order valence-electron chi connectivity index (χ4n) is 4.94. The molecular formula is C28H54O2. The zero-order chi connectivity index (χ0) is 22.1. The van der Waals surface area contributed by atoms with E-state index < -0.39 is 0 Å². The van der Waals surface area contributed by atoms with E-state index in [1.165, 1.54) is 83.5 Å². The zero-order valence-electron chi connectivity index (χ0n) is 21.0. The monoisotopic (exact) mass is 422 g/mol. The number of hydrogen-bond acceptors (Lipinski definition) is 2. The normalized spacial score (nSPS) is 24.9. The van der Waals surface area contributed by atoms with Crippen LogP contribution in [0.5, 0.6) is 0 Å². The van der Waals surface area contributed by atoms with Crippen LogP contribution in [-0.2, 0) is 4.74 Å². The quantitative estimate of drug-likeness (QED) is 0.177. The molecule has 30 heavy (non-hydrogen) atoms. The van der Waals surface area contributed by atoms with Crippen LogP contribution in [0.1, 0.15) is 137 Å². The minimum absolute atomic E-state index is 0.105. The van der Waals surface area contributed by atoms with Crippen molar-refractivity contribution < 1.29 is 9.84 Å². The summed E-state index contributed by atoms with van der Waals surface area (Å²) in [7, 11) is 0. The van der Waals surface area contributed by atoms with Gasteiger partial charge in [0.2, 0.25) is 0 Å². The first-order valence-electron chi connectivity index (χ1n) is 13.5. The first-order chi connectivity index (χ1) is 14.5. The van der Waals surface area contributed by atoms with Crippen LogP contribution in [-0.4, -0.2) is 23.4 Å². The lowest BCUT2D eigenvalue weighted by atomic mass is 9.73. The first-order valence-corrected chi connectivity index (χ1v) is 13.5. The van der Waals surface area contributed by atoms with Crippen molar-refractivity contribution >= 4 is 0 Å². The summed E-state index contributed by atoms with van der Waals surface area (Å²) in [6.07, 6.45) is 26.4. The highest BCUT2D eigenvalue weighted by Gasteiger charge is 2.38. The van der Waals surface area contributed by atoms with E-state index in [1.54, 1.807) is 0 Å². The molecule has 0 aromatic heterocycles. The van der Waals surface area contributed by atoms with Gasteiger partial charge in [-0.1, -0.05) is 90.7 Å². The number of ether oxygens (including phenoxy) is 1. The molecule has 1 rings (SSSR count). The van der Waals surface area contributed by atoms with E-state index in [9.17, 15) is 5.11 Å². The Balaban J connectivity index is 1.88. The number of allylic oxidation sites excluding steroid dienone is 2. The minimum atomic E-state index is -0.191. The first kappa shape index (κ1) is 27.7. The van der Waals surface area contributed by atoms with Crippen molar-refractivity contribution in [3.63, 3.8) is 0 Å². The molecule has 1 aliphatic rings. The Morgan fingerprint density at radius 1 is 0.867 bits per heavy atom. The lowest BCUT2D eigenvalue weighted by Gasteiger charge is -2.42. The van der Waals surface area contributed by atoms with Gasteiger partial charge in [0.15, 0.2) is 0 Å². The summed E-state index contributed by atoms with van der Waals surface area (Å²) in [4.78, 5) is 0. The molecule has 2 heteroatoms. The van der Waals surface area contributed by atoms with Crippen LogP contribution in [0, 0.1) is 11.8 Å². The molecule has 0 aromatic rings. The number of aliphatic hydroxyl groups excluding tert-OH is 1. The molecule has 0 radical (unpaired) electrons. The van der Waals surface area contributed by atoms with Crippen molar-refractivity contribution in [2.45, 2.75) is 149 Å². The molecule has 1 fully saturated rings. The third-order valence-corrected chi connectivity index (χ3v) is 7.10. The summed E-state index contributed by atoms with van der Waals surface area (Å²) in [5.41, 5.74) is -0.105. The largest absolute Gasteiger partial charge is 0.393 e. The fourth-order valence-corrected chi connectivity index (χ4v) is 4.94. The maximum Gasteiger partial charge on any atom is 0.0679 e. The molecule has 178 valence electrons. The third-order valence-electron chi connectivity index (χ3n) is 7.10. The number of unbranched alkanes of at least 4 members (excludes halogenated alkanes) is 12. The van der Waals surface area contributed by atoms with Gasteiger partial charge in [-0.3, -0.25) is 0 Å². The lowest BCUT2D eigenvalue weighted by Crippen LogP contribution is -2.43. The second kappa shape index (κ2) is 17.2. The second-order valence-electron chi connectivity index (χ2n) is 10.5. The minimum Gasteiger partial charge on any atom is -0.393 e. The summed E-state index contributed by atoms with van der Waals surface area (Å²) in [6, 6.07) is 0. The van der Waals surface area contributed by atoms with E-state index in [1.807, 2.05) is 0 Å². The molecule has 1 saturated carbocycles. The van der Waals surface area contributed by atoms with E-state index >= 15 is 0 Å². The van der Waals surface area contributed by atoms with Crippen LogP contribution in [0.3, 0.4) is 0 Å². The molecule has 3 atom stereocenters. The number of rotatable bonds is 18. The van der Waals surface area contributed by atoms with Crippen LogP contribution in [0.2, 0.25) is 0 Å². The average Bonchev–Trinajstić information content (AvgIpc) is 2.70. The SMILES string of the molecule is CCCCCCCC/C=C\CCCCCCCCO[C@]1(C)CC[C@@H](C(C)C)[C@H](O)C1. The predicted octanol–water partition coefficient (Wildman–Crippen LogP) is 8.62. The van der Waals surface area contributed by atoms with Crippen molar-refractivity contribution in [3.05, 3.63) is 12.2 Å². The Bertz CT molecular complexity index is 417. The van der Waals surface area contributed by atoms with Crippen molar-refractivity contribution in [3.8, 4) is 0 Å². The summed E-state index contributed by atoms with van der Waals surface area (Å²) in [6.45, 7) is 9.79. The zero-order valence-corrected chi connectivity index (χ0v) is 21.0. The Morgan fingerprint density at radius 2 is 1.40 bits per heavy atom. The van der Waals surface area contributed by atoms with Gasteiger partial charge in [-0.15, -0.1) is 0 Å². The van der Waals surface area contributed by atoms with Crippen molar-refractivity contribution in [2.24, 2.45) is 11.8 Å². The molecule has 0 aromatic carbocycles. The molecule has 0 aliphatic heterocycles. The van der Waals surface area contributed by atoms with E-state index in [2.05, 4.69) is 39.8 Å². The molecule has 1 aliphatic carbocycles. The van der Waals surface area contributed by atoms with Gasteiger partial charge in [-0.25, -0.2) is 0 Å². The summed E-state index contributed by atoms with van der Waals surface area (Å²) < 4.78 is 6.22. The van der Waals surface area contributed by atoms with Gasteiger partial charge in [-0.05, 0) is 63.7 Å². The van der Waals surface area contributed by atoms with Crippen LogP contribution >= 0.6 is 0 Å². The third kappa shape index (κ3) is 13.2. The smallest absolute Gasteiger partial charge is 0.0679 e. The van der Waals surface area contributed by atoms with Crippen LogP contribution in [0.4, 0.5) is 0 Å². The Morgan fingerprint density at radius 3 is 1.93 bits per heavy atom. The Hall–Kier alpha value is -0.340. The fraction of sp³-hybridized carbons (Fsp3) is 0.929. The summed E-state index contributed by atoms with van der Waals surface area (Å²) in [5.74, 6) is 1.02. The number of hydrogen-bond donors (Lipinski definition) is 1. The van der Waals surface area contributed by atoms with Gasteiger partial charge in [0, 0.05) is 13.0 Å². The maximum absolute atomic E-state index is 10.4. The average molecular weight is 423 g/mol. The summed E-state index contributed by atoms with van der Waals surface area (Å²) >= 11 is 0. The van der Waals surface area contributed by atoms with Crippen LogP contribution in [0.25, 0.3) is 0 Å².